The van der Waals surface area contributed by atoms with Gasteiger partial charge in [-0.25, -0.2) is 0 Å². The number of ether oxygens (including phenoxy) is 2. The molecule has 0 amide bonds. The number of allylic oxidation sites excluding steroid dienone is 1. The van der Waals surface area contributed by atoms with Gasteiger partial charge in [0.15, 0.2) is 11.5 Å². The van der Waals surface area contributed by atoms with Gasteiger partial charge in [0.25, 0.3) is 0 Å². The normalized spacial score (nSPS) is 11.0. The zero-order valence-corrected chi connectivity index (χ0v) is 17.4. The first-order valence-corrected chi connectivity index (χ1v) is 9.87. The average Bonchev–Trinajstić information content (AvgIpc) is 2.73. The Bertz CT molecular complexity index is 1050. The number of rotatable bonds is 7. The fourth-order valence-corrected chi connectivity index (χ4v) is 3.12. The highest BCUT2D eigenvalue weighted by Crippen LogP contribution is 2.32. The Morgan fingerprint density at radius 1 is 0.966 bits per heavy atom. The first kappa shape index (κ1) is 20.8. The topological polar surface area (TPSA) is 42.2 Å². The lowest BCUT2D eigenvalue weighted by molar-refractivity contribution is 0.269. The van der Waals surface area contributed by atoms with Crippen LogP contribution in [-0.4, -0.2) is 6.61 Å². The van der Waals surface area contributed by atoms with Gasteiger partial charge in [-0.3, -0.25) is 0 Å². The molecule has 29 heavy (non-hydrogen) atoms. The molecule has 0 radical (unpaired) electrons. The Labute approximate surface area is 180 Å². The van der Waals surface area contributed by atoms with Crippen LogP contribution in [0.5, 0.6) is 11.5 Å². The van der Waals surface area contributed by atoms with Gasteiger partial charge in [-0.05, 0) is 54.5 Å². The van der Waals surface area contributed by atoms with Crippen molar-refractivity contribution < 1.29 is 9.47 Å². The van der Waals surface area contributed by atoms with Crippen molar-refractivity contribution in [1.29, 1.82) is 5.26 Å². The third-order valence-corrected chi connectivity index (χ3v) is 4.75. The Hall–Kier alpha value is -2.93. The van der Waals surface area contributed by atoms with E-state index in [-0.39, 0.29) is 0 Å². The van der Waals surface area contributed by atoms with E-state index in [2.05, 4.69) is 6.07 Å². The van der Waals surface area contributed by atoms with Crippen molar-refractivity contribution in [1.82, 2.24) is 0 Å². The molecule has 0 saturated carbocycles. The van der Waals surface area contributed by atoms with Crippen molar-refractivity contribution >= 4 is 34.9 Å². The molecule has 0 fully saturated rings. The van der Waals surface area contributed by atoms with Gasteiger partial charge in [0, 0.05) is 15.6 Å². The van der Waals surface area contributed by atoms with Gasteiger partial charge in [0.2, 0.25) is 0 Å². The van der Waals surface area contributed by atoms with Gasteiger partial charge < -0.3 is 9.47 Å². The molecule has 0 aliphatic carbocycles. The maximum Gasteiger partial charge on any atom is 0.161 e. The van der Waals surface area contributed by atoms with Crippen LogP contribution in [0.15, 0.2) is 66.7 Å². The molecule has 3 rings (SSSR count). The van der Waals surface area contributed by atoms with Crippen molar-refractivity contribution in [2.24, 2.45) is 0 Å². The molecule has 3 aromatic carbocycles. The summed E-state index contributed by atoms with van der Waals surface area (Å²) in [5, 5.41) is 10.8. The molecular weight excluding hydrogens is 405 g/mol. The number of nitriles is 1. The van der Waals surface area contributed by atoms with E-state index in [4.69, 9.17) is 32.7 Å². The molecule has 0 aliphatic rings. The summed E-state index contributed by atoms with van der Waals surface area (Å²) in [6, 6.07) is 22.6. The first-order valence-electron chi connectivity index (χ1n) is 9.11. The first-order chi connectivity index (χ1) is 14.1. The van der Waals surface area contributed by atoms with Crippen LogP contribution in [0.25, 0.3) is 11.6 Å². The predicted octanol–water partition coefficient (Wildman–Crippen LogP) is 7.04. The van der Waals surface area contributed by atoms with Crippen LogP contribution in [0.2, 0.25) is 10.0 Å². The van der Waals surface area contributed by atoms with Crippen LogP contribution in [0.4, 0.5) is 0 Å². The van der Waals surface area contributed by atoms with Crippen LogP contribution in [-0.2, 0) is 6.61 Å². The van der Waals surface area contributed by atoms with Crippen molar-refractivity contribution in [2.45, 2.75) is 13.5 Å². The highest BCUT2D eigenvalue weighted by molar-refractivity contribution is 6.32. The Balaban J connectivity index is 1.86. The van der Waals surface area contributed by atoms with Crippen LogP contribution in [0.1, 0.15) is 23.6 Å². The predicted molar refractivity (Wildman–Crippen MR) is 118 cm³/mol. The maximum absolute atomic E-state index is 9.58. The van der Waals surface area contributed by atoms with Gasteiger partial charge in [-0.15, -0.1) is 0 Å². The summed E-state index contributed by atoms with van der Waals surface area (Å²) in [6.07, 6.45) is 1.78. The van der Waals surface area contributed by atoms with Gasteiger partial charge in [-0.2, -0.15) is 5.26 Å². The minimum absolute atomic E-state index is 0.398. The van der Waals surface area contributed by atoms with Crippen LogP contribution in [0.3, 0.4) is 0 Å². The number of halogens is 2. The molecule has 0 unspecified atom stereocenters. The second-order valence-corrected chi connectivity index (χ2v) is 7.05. The van der Waals surface area contributed by atoms with Gasteiger partial charge in [-0.1, -0.05) is 59.6 Å². The van der Waals surface area contributed by atoms with E-state index in [0.717, 1.165) is 11.1 Å². The molecule has 0 aliphatic heterocycles. The molecule has 5 heteroatoms. The second-order valence-electron chi connectivity index (χ2n) is 6.20. The highest BCUT2D eigenvalue weighted by Gasteiger charge is 2.09. The van der Waals surface area contributed by atoms with Crippen molar-refractivity contribution in [3.8, 4) is 17.6 Å². The monoisotopic (exact) mass is 423 g/mol. The summed E-state index contributed by atoms with van der Waals surface area (Å²) in [5.41, 5.74) is 3.00. The number of hydrogen-bond donors (Lipinski definition) is 0. The second kappa shape index (κ2) is 10.0. The molecule has 0 aromatic heterocycles. The highest BCUT2D eigenvalue weighted by atomic mass is 35.5. The summed E-state index contributed by atoms with van der Waals surface area (Å²) < 4.78 is 11.7. The lowest BCUT2D eigenvalue weighted by Crippen LogP contribution is -2.00. The molecule has 0 heterocycles. The average molecular weight is 424 g/mol. The minimum Gasteiger partial charge on any atom is -0.490 e. The van der Waals surface area contributed by atoms with Crippen LogP contribution < -0.4 is 9.47 Å². The van der Waals surface area contributed by atoms with Crippen LogP contribution >= 0.6 is 23.2 Å². The fraction of sp³-hybridized carbons (Fsp3) is 0.125. The van der Waals surface area contributed by atoms with Crippen molar-refractivity contribution in [2.75, 3.05) is 6.61 Å². The zero-order chi connectivity index (χ0) is 20.6. The Kier molecular flexibility index (Phi) is 7.19. The molecule has 0 N–H and O–H groups in total. The summed E-state index contributed by atoms with van der Waals surface area (Å²) in [6.45, 7) is 2.81. The van der Waals surface area contributed by atoms with E-state index in [9.17, 15) is 5.26 Å². The third-order valence-electron chi connectivity index (χ3n) is 4.17. The minimum atomic E-state index is 0.398. The van der Waals surface area contributed by atoms with Gasteiger partial charge >= 0.3 is 0 Å². The SMILES string of the molecule is CCOc1cc(C=C(C#N)c2ccccc2Cl)ccc1OCc1ccc(Cl)cc1. The third kappa shape index (κ3) is 5.54. The molecule has 0 bridgehead atoms. The van der Waals surface area contributed by atoms with E-state index in [0.29, 0.717) is 45.9 Å². The van der Waals surface area contributed by atoms with Crippen molar-refractivity contribution in [3.63, 3.8) is 0 Å². The number of nitrogens with zero attached hydrogens (tertiary/aromatic N) is 1. The van der Waals surface area contributed by atoms with E-state index in [1.807, 2.05) is 67.6 Å². The zero-order valence-electron chi connectivity index (χ0n) is 15.9. The van der Waals surface area contributed by atoms with Crippen molar-refractivity contribution in [3.05, 3.63) is 93.5 Å². The van der Waals surface area contributed by atoms with Crippen LogP contribution in [0, 0.1) is 11.3 Å². The van der Waals surface area contributed by atoms with E-state index >= 15 is 0 Å². The molecule has 3 nitrogen and oxygen atoms in total. The lowest BCUT2D eigenvalue weighted by Gasteiger charge is -2.13. The number of hydrogen-bond acceptors (Lipinski definition) is 3. The van der Waals surface area contributed by atoms with E-state index in [1.165, 1.54) is 0 Å². The molecule has 146 valence electrons. The van der Waals surface area contributed by atoms with Gasteiger partial charge in [0.05, 0.1) is 18.2 Å². The largest absolute Gasteiger partial charge is 0.490 e. The van der Waals surface area contributed by atoms with E-state index in [1.54, 1.807) is 12.1 Å². The fourth-order valence-electron chi connectivity index (χ4n) is 2.76. The molecule has 3 aromatic rings. The number of benzene rings is 3. The molecule has 0 spiro atoms. The Morgan fingerprint density at radius 2 is 1.72 bits per heavy atom. The smallest absolute Gasteiger partial charge is 0.161 e. The molecule has 0 atom stereocenters. The lowest BCUT2D eigenvalue weighted by atomic mass is 10.0. The summed E-state index contributed by atoms with van der Waals surface area (Å²) in [7, 11) is 0. The van der Waals surface area contributed by atoms with E-state index < -0.39 is 0 Å². The Morgan fingerprint density at radius 3 is 2.41 bits per heavy atom. The summed E-state index contributed by atoms with van der Waals surface area (Å²) in [5.74, 6) is 1.25. The standard InChI is InChI=1S/C24H19Cl2NO2/c1-2-28-24-14-18(13-19(15-27)21-5-3-4-6-22(21)26)9-12-23(24)29-16-17-7-10-20(25)11-8-17/h3-14H,2,16H2,1H3. The maximum atomic E-state index is 9.58. The summed E-state index contributed by atoms with van der Waals surface area (Å²) >= 11 is 12.2. The summed E-state index contributed by atoms with van der Waals surface area (Å²) in [4.78, 5) is 0. The molecular formula is C24H19Cl2NO2. The van der Waals surface area contributed by atoms with Gasteiger partial charge in [0.1, 0.15) is 6.61 Å². The quantitative estimate of drug-likeness (QED) is 0.302. The molecule has 0 saturated heterocycles.